The lowest BCUT2D eigenvalue weighted by Crippen LogP contribution is -2.19. The second-order valence-corrected chi connectivity index (χ2v) is 7.87. The first kappa shape index (κ1) is 22.3. The topological polar surface area (TPSA) is 96.0 Å². The predicted octanol–water partition coefficient (Wildman–Crippen LogP) is 3.86. The smallest absolute Gasteiger partial charge is 0.340 e. The SMILES string of the molecule is COC(=O)c1cc2c(cc1F)NC(c1cc(-c3cccnc3OCCN(C)C)ccc1O)N2. The molecule has 3 aromatic rings. The van der Waals surface area contributed by atoms with Gasteiger partial charge in [0.1, 0.15) is 24.3 Å². The zero-order valence-electron chi connectivity index (χ0n) is 18.6. The number of phenols is 1. The Kier molecular flexibility index (Phi) is 6.32. The number of rotatable bonds is 7. The maximum Gasteiger partial charge on any atom is 0.340 e. The van der Waals surface area contributed by atoms with E-state index in [0.29, 0.717) is 29.4 Å². The molecule has 0 saturated heterocycles. The van der Waals surface area contributed by atoms with Crippen molar-refractivity contribution in [1.29, 1.82) is 0 Å². The van der Waals surface area contributed by atoms with Gasteiger partial charge in [-0.15, -0.1) is 0 Å². The number of esters is 1. The summed E-state index contributed by atoms with van der Waals surface area (Å²) in [5.74, 6) is -0.896. The molecular weight excluding hydrogens is 427 g/mol. The van der Waals surface area contributed by atoms with Gasteiger partial charge in [0, 0.05) is 29.9 Å². The zero-order valence-corrected chi connectivity index (χ0v) is 18.6. The van der Waals surface area contributed by atoms with Gasteiger partial charge in [0.15, 0.2) is 0 Å². The van der Waals surface area contributed by atoms with Crippen LogP contribution in [0.1, 0.15) is 22.1 Å². The Morgan fingerprint density at radius 3 is 2.67 bits per heavy atom. The lowest BCUT2D eigenvalue weighted by Gasteiger charge is -2.17. The number of anilines is 2. The maximum atomic E-state index is 14.3. The highest BCUT2D eigenvalue weighted by Gasteiger charge is 2.27. The number of nitrogens with zero attached hydrogens (tertiary/aromatic N) is 2. The summed E-state index contributed by atoms with van der Waals surface area (Å²) in [6.07, 6.45) is 1.13. The number of halogens is 1. The molecule has 8 nitrogen and oxygen atoms in total. The molecule has 0 saturated carbocycles. The van der Waals surface area contributed by atoms with E-state index in [2.05, 4.69) is 20.4 Å². The molecule has 1 aliphatic heterocycles. The van der Waals surface area contributed by atoms with Crippen LogP contribution in [0.5, 0.6) is 11.6 Å². The number of aromatic hydroxyl groups is 1. The third-order valence-electron chi connectivity index (χ3n) is 5.31. The van der Waals surface area contributed by atoms with E-state index in [0.717, 1.165) is 17.7 Å². The van der Waals surface area contributed by atoms with Gasteiger partial charge in [-0.1, -0.05) is 6.07 Å². The van der Waals surface area contributed by atoms with Crippen molar-refractivity contribution < 1.29 is 23.8 Å². The number of aromatic nitrogens is 1. The number of fused-ring (bicyclic) bond motifs is 1. The third-order valence-corrected chi connectivity index (χ3v) is 5.31. The Labute approximate surface area is 191 Å². The number of methoxy groups -OCH3 is 1. The molecule has 1 unspecified atom stereocenters. The number of carbonyl (C=O) groups is 1. The monoisotopic (exact) mass is 452 g/mol. The van der Waals surface area contributed by atoms with Gasteiger partial charge >= 0.3 is 5.97 Å². The predicted molar refractivity (Wildman–Crippen MR) is 123 cm³/mol. The third kappa shape index (κ3) is 4.68. The summed E-state index contributed by atoms with van der Waals surface area (Å²) < 4.78 is 24.8. The van der Waals surface area contributed by atoms with E-state index in [-0.39, 0.29) is 11.3 Å². The van der Waals surface area contributed by atoms with Gasteiger partial charge in [-0.25, -0.2) is 14.2 Å². The Balaban J connectivity index is 1.62. The van der Waals surface area contributed by atoms with Crippen LogP contribution in [0.2, 0.25) is 0 Å². The summed E-state index contributed by atoms with van der Waals surface area (Å²) in [7, 11) is 5.13. The summed E-state index contributed by atoms with van der Waals surface area (Å²) in [5.41, 5.74) is 2.97. The molecule has 0 radical (unpaired) electrons. The molecule has 2 heterocycles. The number of benzene rings is 2. The average molecular weight is 452 g/mol. The fourth-order valence-electron chi connectivity index (χ4n) is 3.58. The summed E-state index contributed by atoms with van der Waals surface area (Å²) >= 11 is 0. The second-order valence-electron chi connectivity index (χ2n) is 7.87. The van der Waals surface area contributed by atoms with Crippen molar-refractivity contribution in [2.45, 2.75) is 6.17 Å². The van der Waals surface area contributed by atoms with Crippen molar-refractivity contribution >= 4 is 17.3 Å². The maximum absolute atomic E-state index is 14.3. The molecule has 9 heteroatoms. The molecule has 4 rings (SSSR count). The molecule has 172 valence electrons. The number of hydrogen-bond acceptors (Lipinski definition) is 8. The fourth-order valence-corrected chi connectivity index (χ4v) is 3.58. The van der Waals surface area contributed by atoms with Crippen molar-refractivity contribution in [3.8, 4) is 22.8 Å². The minimum atomic E-state index is -0.760. The van der Waals surface area contributed by atoms with Crippen molar-refractivity contribution in [1.82, 2.24) is 9.88 Å². The molecule has 1 aliphatic rings. The minimum Gasteiger partial charge on any atom is -0.508 e. The van der Waals surface area contributed by atoms with Crippen molar-refractivity contribution in [3.63, 3.8) is 0 Å². The van der Waals surface area contributed by atoms with Crippen molar-refractivity contribution in [2.75, 3.05) is 45.0 Å². The van der Waals surface area contributed by atoms with Gasteiger partial charge in [0.05, 0.1) is 24.0 Å². The number of phenolic OH excluding ortho intramolecular Hbond substituents is 1. The van der Waals surface area contributed by atoms with E-state index in [1.807, 2.05) is 37.2 Å². The standard InChI is InChI=1S/C24H25FN4O4/c1-29(2)9-10-33-23-15(5-4-8-26-23)14-6-7-21(30)17(11-14)22-27-19-12-16(24(31)32-3)18(25)13-20(19)28-22/h4-8,11-13,22,27-28,30H,9-10H2,1-3H3. The lowest BCUT2D eigenvalue weighted by atomic mass is 10.0. The molecule has 33 heavy (non-hydrogen) atoms. The van der Waals surface area contributed by atoms with Gasteiger partial charge in [-0.3, -0.25) is 0 Å². The normalized spacial score (nSPS) is 14.4. The highest BCUT2D eigenvalue weighted by atomic mass is 19.1. The minimum absolute atomic E-state index is 0.0594. The summed E-state index contributed by atoms with van der Waals surface area (Å²) in [5, 5.41) is 16.9. The first-order valence-electron chi connectivity index (χ1n) is 10.4. The first-order valence-corrected chi connectivity index (χ1v) is 10.4. The average Bonchev–Trinajstić information content (AvgIpc) is 3.21. The number of hydrogen-bond donors (Lipinski definition) is 3. The van der Waals surface area contributed by atoms with E-state index in [1.54, 1.807) is 18.3 Å². The Hall–Kier alpha value is -3.85. The zero-order chi connectivity index (χ0) is 23.5. The Morgan fingerprint density at radius 1 is 1.18 bits per heavy atom. The van der Waals surface area contributed by atoms with Crippen LogP contribution in [-0.2, 0) is 4.74 Å². The molecule has 1 atom stereocenters. The largest absolute Gasteiger partial charge is 0.508 e. The molecule has 0 bridgehead atoms. The van der Waals surface area contributed by atoms with Gasteiger partial charge in [0.2, 0.25) is 5.88 Å². The van der Waals surface area contributed by atoms with E-state index in [9.17, 15) is 14.3 Å². The molecule has 0 spiro atoms. The number of likely N-dealkylation sites (N-methyl/N-ethyl adjacent to an activating group) is 1. The van der Waals surface area contributed by atoms with Gasteiger partial charge < -0.3 is 30.1 Å². The van der Waals surface area contributed by atoms with Crippen LogP contribution in [0, 0.1) is 5.82 Å². The van der Waals surface area contributed by atoms with Gasteiger partial charge in [0.25, 0.3) is 0 Å². The number of ether oxygens (including phenoxy) is 2. The number of nitrogens with one attached hydrogen (secondary N) is 2. The number of pyridine rings is 1. The molecule has 2 aromatic carbocycles. The molecule has 1 aromatic heterocycles. The molecule has 0 amide bonds. The Bertz CT molecular complexity index is 1190. The summed E-state index contributed by atoms with van der Waals surface area (Å²) in [6, 6.07) is 11.5. The molecular formula is C24H25FN4O4. The number of carbonyl (C=O) groups excluding carboxylic acids is 1. The first-order chi connectivity index (χ1) is 15.9. The van der Waals surface area contributed by atoms with Crippen LogP contribution in [0.25, 0.3) is 11.1 Å². The van der Waals surface area contributed by atoms with Crippen molar-refractivity contribution in [2.24, 2.45) is 0 Å². The van der Waals surface area contributed by atoms with Crippen LogP contribution < -0.4 is 15.4 Å². The molecule has 3 N–H and O–H groups in total. The molecule has 0 aliphatic carbocycles. The van der Waals surface area contributed by atoms with Crippen LogP contribution in [0.4, 0.5) is 15.8 Å². The fraction of sp³-hybridized carbons (Fsp3) is 0.250. The summed E-state index contributed by atoms with van der Waals surface area (Å²) in [6.45, 7) is 1.23. The second kappa shape index (κ2) is 9.33. The van der Waals surface area contributed by atoms with E-state index in [4.69, 9.17) is 4.74 Å². The lowest BCUT2D eigenvalue weighted by molar-refractivity contribution is 0.0595. The molecule has 0 fully saturated rings. The van der Waals surface area contributed by atoms with Crippen LogP contribution in [-0.4, -0.2) is 55.3 Å². The highest BCUT2D eigenvalue weighted by Crippen LogP contribution is 2.41. The summed E-state index contributed by atoms with van der Waals surface area (Å²) in [4.78, 5) is 18.2. The van der Waals surface area contributed by atoms with Crippen LogP contribution in [0.15, 0.2) is 48.7 Å². The van der Waals surface area contributed by atoms with Gasteiger partial charge in [-0.05, 0) is 50.0 Å². The van der Waals surface area contributed by atoms with E-state index in [1.165, 1.54) is 19.2 Å². The highest BCUT2D eigenvalue weighted by molar-refractivity contribution is 5.93. The quantitative estimate of drug-likeness (QED) is 0.465. The van der Waals surface area contributed by atoms with Crippen LogP contribution >= 0.6 is 0 Å². The van der Waals surface area contributed by atoms with Crippen LogP contribution in [0.3, 0.4) is 0 Å². The van der Waals surface area contributed by atoms with Crippen molar-refractivity contribution in [3.05, 3.63) is 65.6 Å². The van der Waals surface area contributed by atoms with E-state index < -0.39 is 18.0 Å². The van der Waals surface area contributed by atoms with E-state index >= 15 is 0 Å². The Morgan fingerprint density at radius 2 is 1.94 bits per heavy atom. The van der Waals surface area contributed by atoms with Gasteiger partial charge in [-0.2, -0.15) is 0 Å².